The third-order valence-corrected chi connectivity index (χ3v) is 6.43. The number of azo groups is 1. The lowest BCUT2D eigenvalue weighted by atomic mass is 10.2. The highest BCUT2D eigenvalue weighted by Crippen LogP contribution is 2.38. The van der Waals surface area contributed by atoms with Crippen LogP contribution in [0.15, 0.2) is 50.4 Å². The summed E-state index contributed by atoms with van der Waals surface area (Å²) in [6, 6.07) is 5.67. The average Bonchev–Trinajstić information content (AvgIpc) is 3.01. The Morgan fingerprint density at radius 3 is 2.21 bits per heavy atom. The van der Waals surface area contributed by atoms with Crippen molar-refractivity contribution in [1.29, 1.82) is 0 Å². The number of carbonyl (C=O) groups is 1. The van der Waals surface area contributed by atoms with Crippen LogP contribution in [0.5, 0.6) is 5.88 Å². The molecule has 0 unspecified atom stereocenters. The summed E-state index contributed by atoms with van der Waals surface area (Å²) in [6.07, 6.45) is 0. The Morgan fingerprint density at radius 2 is 1.68 bits per heavy atom. The molecule has 0 aliphatic carbocycles. The second-order valence-corrected chi connectivity index (χ2v) is 10.1. The number of aromatic hydroxyl groups is 1. The van der Waals surface area contributed by atoms with E-state index in [1.54, 1.807) is 6.92 Å². The number of nitrogens with zero attached hydrogens (tertiary/aromatic N) is 4. The number of hydrogen-bond acceptors (Lipinski definition) is 9. The first kappa shape index (κ1) is 25.3. The lowest BCUT2D eigenvalue weighted by Crippen LogP contribution is -2.06. The number of carboxylic acid groups (broad SMARTS) is 1. The second-order valence-electron chi connectivity index (χ2n) is 6.93. The highest BCUT2D eigenvalue weighted by molar-refractivity contribution is 7.86. The normalized spacial score (nSPS) is 12.4. The average molecular weight is 531 g/mol. The molecule has 3 aromatic rings. The summed E-state index contributed by atoms with van der Waals surface area (Å²) in [6.45, 7) is 2.93. The molecule has 180 valence electrons. The Kier molecular flexibility index (Phi) is 6.51. The molecule has 2 aromatic carbocycles. The van der Waals surface area contributed by atoms with Gasteiger partial charge >= 0.3 is 5.97 Å². The molecule has 34 heavy (non-hydrogen) atoms. The molecule has 0 saturated carbocycles. The quantitative estimate of drug-likeness (QED) is 0.269. The maximum atomic E-state index is 11.7. The summed E-state index contributed by atoms with van der Waals surface area (Å²) in [5.74, 6) is -2.50. The summed E-state index contributed by atoms with van der Waals surface area (Å²) in [4.78, 5) is 10.5. The molecule has 0 saturated heterocycles. The van der Waals surface area contributed by atoms with Gasteiger partial charge in [-0.1, -0.05) is 17.7 Å². The molecule has 4 N–H and O–H groups in total. The van der Waals surface area contributed by atoms with Crippen molar-refractivity contribution in [1.82, 2.24) is 9.78 Å². The van der Waals surface area contributed by atoms with E-state index in [-0.39, 0.29) is 22.0 Å². The summed E-state index contributed by atoms with van der Waals surface area (Å²) < 4.78 is 65.4. The minimum atomic E-state index is -4.70. The Balaban J connectivity index is 2.21. The molecule has 0 fully saturated rings. The summed E-state index contributed by atoms with van der Waals surface area (Å²) in [5.41, 5.74) is -1.37. The molecule has 0 aliphatic heterocycles. The Morgan fingerprint density at radius 1 is 1.03 bits per heavy atom. The molecule has 0 spiro atoms. The number of hydrogen-bond donors (Lipinski definition) is 4. The molecule has 0 aliphatic rings. The minimum absolute atomic E-state index is 0.0885. The highest BCUT2D eigenvalue weighted by atomic mass is 35.5. The van der Waals surface area contributed by atoms with Gasteiger partial charge in [0.05, 0.1) is 15.6 Å². The molecule has 0 amide bonds. The van der Waals surface area contributed by atoms with Gasteiger partial charge in [0.2, 0.25) is 11.6 Å². The summed E-state index contributed by atoms with van der Waals surface area (Å²) >= 11 is 6.10. The van der Waals surface area contributed by atoms with Crippen molar-refractivity contribution in [2.75, 3.05) is 0 Å². The molecular weight excluding hydrogens is 516 g/mol. The minimum Gasteiger partial charge on any atom is -0.492 e. The fourth-order valence-electron chi connectivity index (χ4n) is 2.93. The molecule has 1 aromatic heterocycles. The first-order chi connectivity index (χ1) is 15.6. The van der Waals surface area contributed by atoms with E-state index >= 15 is 0 Å². The third kappa shape index (κ3) is 4.92. The summed E-state index contributed by atoms with van der Waals surface area (Å²) in [5, 5.41) is 30.8. The van der Waals surface area contributed by atoms with Gasteiger partial charge in [-0.15, -0.1) is 10.2 Å². The van der Waals surface area contributed by atoms with Crippen LogP contribution in [0, 0.1) is 13.8 Å². The molecular formula is C18H15ClN4O9S2. The molecule has 3 rings (SSSR count). The van der Waals surface area contributed by atoms with Crippen molar-refractivity contribution in [2.24, 2.45) is 10.2 Å². The van der Waals surface area contributed by atoms with E-state index in [0.29, 0.717) is 10.2 Å². The lowest BCUT2D eigenvalue weighted by molar-refractivity contribution is 0.0690. The van der Waals surface area contributed by atoms with Crippen molar-refractivity contribution in [3.05, 3.63) is 52.2 Å². The maximum Gasteiger partial charge on any atom is 0.358 e. The predicted octanol–water partition coefficient (Wildman–Crippen LogP) is 3.46. The van der Waals surface area contributed by atoms with Crippen LogP contribution < -0.4 is 0 Å². The zero-order valence-electron chi connectivity index (χ0n) is 17.2. The van der Waals surface area contributed by atoms with Gasteiger partial charge in [-0.05, 0) is 49.2 Å². The number of halogens is 1. The SMILES string of the molecule is Cc1ccc(N=Nc2c(C(=O)O)nn(-c3c(C)cc(S(=O)(=O)O)cc3Cl)c2O)c(S(=O)(=O)O)c1. The third-order valence-electron chi connectivity index (χ3n) is 4.43. The van der Waals surface area contributed by atoms with E-state index in [4.69, 9.17) is 11.6 Å². The van der Waals surface area contributed by atoms with Crippen molar-refractivity contribution in [3.8, 4) is 11.6 Å². The Hall–Kier alpha value is -3.37. The van der Waals surface area contributed by atoms with Gasteiger partial charge in [-0.25, -0.2) is 4.79 Å². The van der Waals surface area contributed by atoms with Gasteiger partial charge in [0, 0.05) is 0 Å². The predicted molar refractivity (Wildman–Crippen MR) is 117 cm³/mol. The molecule has 0 atom stereocenters. The van der Waals surface area contributed by atoms with Gasteiger partial charge < -0.3 is 10.2 Å². The number of aryl methyl sites for hydroxylation is 2. The van der Waals surface area contributed by atoms with E-state index in [1.807, 2.05) is 0 Å². The fourth-order valence-corrected chi connectivity index (χ4v) is 4.64. The van der Waals surface area contributed by atoms with E-state index in [2.05, 4.69) is 15.3 Å². The Bertz CT molecular complexity index is 1560. The van der Waals surface area contributed by atoms with Gasteiger partial charge in [0.25, 0.3) is 20.2 Å². The van der Waals surface area contributed by atoms with Crippen molar-refractivity contribution < 1.29 is 40.9 Å². The molecule has 1 heterocycles. The Labute approximate surface area is 197 Å². The second kappa shape index (κ2) is 8.77. The topological polar surface area (TPSA) is 209 Å². The zero-order valence-corrected chi connectivity index (χ0v) is 19.6. The van der Waals surface area contributed by atoms with Crippen LogP contribution in [0.25, 0.3) is 5.69 Å². The number of benzene rings is 2. The maximum absolute atomic E-state index is 11.7. The van der Waals surface area contributed by atoms with Gasteiger partial charge in [-0.2, -0.15) is 26.6 Å². The zero-order chi connectivity index (χ0) is 25.6. The van der Waals surface area contributed by atoms with Crippen molar-refractivity contribution in [3.63, 3.8) is 0 Å². The van der Waals surface area contributed by atoms with Crippen molar-refractivity contribution >= 4 is 49.2 Å². The first-order valence-electron chi connectivity index (χ1n) is 8.94. The number of aromatic carboxylic acids is 1. The number of carboxylic acids is 1. The van der Waals surface area contributed by atoms with Gasteiger partial charge in [0.15, 0.2) is 5.69 Å². The smallest absolute Gasteiger partial charge is 0.358 e. The van der Waals surface area contributed by atoms with E-state index < -0.39 is 53.3 Å². The van der Waals surface area contributed by atoms with Crippen LogP contribution in [0.2, 0.25) is 5.02 Å². The van der Waals surface area contributed by atoms with E-state index in [0.717, 1.165) is 18.2 Å². The fraction of sp³-hybridized carbons (Fsp3) is 0.111. The molecule has 16 heteroatoms. The molecule has 13 nitrogen and oxygen atoms in total. The lowest BCUT2D eigenvalue weighted by Gasteiger charge is -2.11. The highest BCUT2D eigenvalue weighted by Gasteiger charge is 2.27. The van der Waals surface area contributed by atoms with E-state index in [9.17, 15) is 40.9 Å². The summed E-state index contributed by atoms with van der Waals surface area (Å²) in [7, 11) is -9.31. The van der Waals surface area contributed by atoms with Crippen LogP contribution in [-0.4, -0.2) is 51.9 Å². The van der Waals surface area contributed by atoms with Crippen LogP contribution >= 0.6 is 11.6 Å². The van der Waals surface area contributed by atoms with Crippen LogP contribution in [0.4, 0.5) is 11.4 Å². The first-order valence-corrected chi connectivity index (χ1v) is 12.2. The van der Waals surface area contributed by atoms with Crippen molar-refractivity contribution in [2.45, 2.75) is 23.6 Å². The van der Waals surface area contributed by atoms with Gasteiger partial charge in [0.1, 0.15) is 10.6 Å². The van der Waals surface area contributed by atoms with Gasteiger partial charge in [-0.3, -0.25) is 9.11 Å². The van der Waals surface area contributed by atoms with E-state index in [1.165, 1.54) is 19.1 Å². The number of aromatic nitrogens is 2. The largest absolute Gasteiger partial charge is 0.492 e. The van der Waals surface area contributed by atoms with Crippen LogP contribution in [0.3, 0.4) is 0 Å². The standard InChI is InChI=1S/C18H15ClN4O9S2/c1-8-3-4-12(13(5-8)34(30,31)32)20-21-14-15(18(25)26)22-23(17(14)24)16-9(2)6-10(7-11(16)19)33(27,28)29/h3-7,24H,1-2H3,(H,25,26)(H,27,28,29)(H,30,31,32). The van der Waals surface area contributed by atoms with Crippen LogP contribution in [-0.2, 0) is 20.2 Å². The monoisotopic (exact) mass is 530 g/mol. The molecule has 0 radical (unpaired) electrons. The van der Waals surface area contributed by atoms with Crippen LogP contribution in [0.1, 0.15) is 21.6 Å². The molecule has 0 bridgehead atoms. The number of rotatable bonds is 6.